The summed E-state index contributed by atoms with van der Waals surface area (Å²) in [5.41, 5.74) is -0.0209. The van der Waals surface area contributed by atoms with Gasteiger partial charge in [-0.15, -0.1) is 0 Å². The molecule has 0 aliphatic carbocycles. The number of carbonyl (C=O) groups is 1. The number of hydrogen-bond acceptors (Lipinski definition) is 1. The Kier molecular flexibility index (Phi) is 3.34. The van der Waals surface area contributed by atoms with Crippen LogP contribution in [-0.4, -0.2) is 17.3 Å². The average molecular weight is 218 g/mol. The van der Waals surface area contributed by atoms with E-state index < -0.39 is 24.5 Å². The lowest BCUT2D eigenvalue weighted by atomic mass is 9.95. The normalized spacial score (nSPS) is 13.5. The maximum Gasteiger partial charge on any atom is 0.396 e. The summed E-state index contributed by atoms with van der Waals surface area (Å²) in [6.07, 6.45) is -5.47. The summed E-state index contributed by atoms with van der Waals surface area (Å²) in [6.45, 7) is 0. The molecule has 0 spiro atoms. The number of halogens is 3. The molecule has 1 aromatic rings. The number of alkyl halides is 3. The first-order valence-electron chi connectivity index (χ1n) is 4.24. The molecule has 1 atom stereocenters. The molecule has 0 aliphatic heterocycles. The fourth-order valence-electron chi connectivity index (χ4n) is 1.28. The molecule has 5 heteroatoms. The van der Waals surface area contributed by atoms with Gasteiger partial charge in [0, 0.05) is 0 Å². The molecule has 82 valence electrons. The molecule has 0 radical (unpaired) electrons. The van der Waals surface area contributed by atoms with Gasteiger partial charge < -0.3 is 5.11 Å². The number of carboxylic acid groups (broad SMARTS) is 1. The standard InChI is InChI=1S/C10H9F3O2/c11-10(12,13)8(6-9(14)15)7-4-2-1-3-5-7/h1-5,8H,6H2,(H,14,15). The lowest BCUT2D eigenvalue weighted by molar-refractivity contribution is -0.163. The van der Waals surface area contributed by atoms with Crippen molar-refractivity contribution in [2.24, 2.45) is 0 Å². The Balaban J connectivity index is 2.97. The zero-order valence-electron chi connectivity index (χ0n) is 7.66. The van der Waals surface area contributed by atoms with E-state index in [4.69, 9.17) is 5.11 Å². The van der Waals surface area contributed by atoms with Gasteiger partial charge in [0.25, 0.3) is 0 Å². The lowest BCUT2D eigenvalue weighted by Crippen LogP contribution is -2.23. The van der Waals surface area contributed by atoms with E-state index in [1.165, 1.54) is 24.3 Å². The highest BCUT2D eigenvalue weighted by molar-refractivity contribution is 5.68. The Morgan fingerprint density at radius 1 is 1.27 bits per heavy atom. The second-order valence-electron chi connectivity index (χ2n) is 3.10. The number of rotatable bonds is 3. The van der Waals surface area contributed by atoms with Crippen LogP contribution in [0.4, 0.5) is 13.2 Å². The number of aliphatic carboxylic acids is 1. The SMILES string of the molecule is O=C(O)CC(c1ccccc1)C(F)(F)F. The molecule has 0 saturated carbocycles. The first-order chi connectivity index (χ1) is 6.91. The maximum atomic E-state index is 12.5. The van der Waals surface area contributed by atoms with Crippen molar-refractivity contribution in [3.05, 3.63) is 35.9 Å². The van der Waals surface area contributed by atoms with Gasteiger partial charge in [0.1, 0.15) is 0 Å². The van der Waals surface area contributed by atoms with Crippen LogP contribution in [0.15, 0.2) is 30.3 Å². The summed E-state index contributed by atoms with van der Waals surface area (Å²) in [6, 6.07) is 7.05. The summed E-state index contributed by atoms with van der Waals surface area (Å²) in [4.78, 5) is 10.3. The van der Waals surface area contributed by atoms with Crippen molar-refractivity contribution in [1.29, 1.82) is 0 Å². The van der Waals surface area contributed by atoms with Gasteiger partial charge in [-0.3, -0.25) is 4.79 Å². The molecule has 1 N–H and O–H groups in total. The van der Waals surface area contributed by atoms with Gasteiger partial charge in [-0.1, -0.05) is 30.3 Å². The summed E-state index contributed by atoms with van der Waals surface area (Å²) < 4.78 is 37.5. The average Bonchev–Trinajstić information content (AvgIpc) is 2.14. The fourth-order valence-corrected chi connectivity index (χ4v) is 1.28. The summed E-state index contributed by atoms with van der Waals surface area (Å²) in [5, 5.41) is 8.41. The van der Waals surface area contributed by atoms with Crippen LogP contribution in [0, 0.1) is 0 Å². The van der Waals surface area contributed by atoms with Crippen molar-refractivity contribution in [1.82, 2.24) is 0 Å². The van der Waals surface area contributed by atoms with E-state index in [1.54, 1.807) is 6.07 Å². The Labute approximate surface area is 84.3 Å². The first kappa shape index (κ1) is 11.6. The van der Waals surface area contributed by atoms with Gasteiger partial charge >= 0.3 is 12.1 Å². The molecule has 15 heavy (non-hydrogen) atoms. The minimum absolute atomic E-state index is 0.0209. The topological polar surface area (TPSA) is 37.3 Å². The molecule has 0 fully saturated rings. The monoisotopic (exact) mass is 218 g/mol. The Bertz CT molecular complexity index is 332. The highest BCUT2D eigenvalue weighted by atomic mass is 19.4. The lowest BCUT2D eigenvalue weighted by Gasteiger charge is -2.18. The predicted octanol–water partition coefficient (Wildman–Crippen LogP) is 2.81. The van der Waals surface area contributed by atoms with Gasteiger partial charge in [0.05, 0.1) is 12.3 Å². The second kappa shape index (κ2) is 4.33. The Morgan fingerprint density at radius 3 is 2.20 bits per heavy atom. The molecule has 1 aromatic carbocycles. The van der Waals surface area contributed by atoms with Crippen LogP contribution in [0.2, 0.25) is 0 Å². The van der Waals surface area contributed by atoms with E-state index in [0.717, 1.165) is 0 Å². The third-order valence-corrected chi connectivity index (χ3v) is 1.98. The highest BCUT2D eigenvalue weighted by Crippen LogP contribution is 2.37. The van der Waals surface area contributed by atoms with E-state index in [9.17, 15) is 18.0 Å². The molecule has 0 amide bonds. The quantitative estimate of drug-likeness (QED) is 0.846. The van der Waals surface area contributed by atoms with E-state index in [2.05, 4.69) is 0 Å². The van der Waals surface area contributed by atoms with Crippen LogP contribution in [-0.2, 0) is 4.79 Å². The van der Waals surface area contributed by atoms with Gasteiger partial charge in [-0.05, 0) is 5.56 Å². The summed E-state index contributed by atoms with van der Waals surface area (Å²) in [5.74, 6) is -3.39. The zero-order chi connectivity index (χ0) is 11.5. The van der Waals surface area contributed by atoms with E-state index in [0.29, 0.717) is 0 Å². The third-order valence-electron chi connectivity index (χ3n) is 1.98. The number of benzene rings is 1. The Hall–Kier alpha value is -1.52. The third kappa shape index (κ3) is 3.27. The van der Waals surface area contributed by atoms with Gasteiger partial charge in [-0.2, -0.15) is 13.2 Å². The van der Waals surface area contributed by atoms with Crippen molar-refractivity contribution in [2.45, 2.75) is 18.5 Å². The minimum Gasteiger partial charge on any atom is -0.481 e. The zero-order valence-corrected chi connectivity index (χ0v) is 7.66. The van der Waals surface area contributed by atoms with Crippen LogP contribution >= 0.6 is 0 Å². The first-order valence-corrected chi connectivity index (χ1v) is 4.24. The second-order valence-corrected chi connectivity index (χ2v) is 3.10. The van der Waals surface area contributed by atoms with Crippen molar-refractivity contribution in [3.8, 4) is 0 Å². The number of hydrogen-bond donors (Lipinski definition) is 1. The van der Waals surface area contributed by atoms with Crippen LogP contribution in [0.1, 0.15) is 17.9 Å². The van der Waals surface area contributed by atoms with E-state index >= 15 is 0 Å². The summed E-state index contributed by atoms with van der Waals surface area (Å²) in [7, 11) is 0. The minimum atomic E-state index is -4.53. The fraction of sp³-hybridized carbons (Fsp3) is 0.300. The highest BCUT2D eigenvalue weighted by Gasteiger charge is 2.41. The van der Waals surface area contributed by atoms with Gasteiger partial charge in [0.15, 0.2) is 0 Å². The molecular formula is C10H9F3O2. The van der Waals surface area contributed by atoms with Crippen LogP contribution in [0.5, 0.6) is 0 Å². The molecule has 0 heterocycles. The molecule has 0 aromatic heterocycles. The number of carboxylic acids is 1. The van der Waals surface area contributed by atoms with Crippen LogP contribution < -0.4 is 0 Å². The molecule has 0 bridgehead atoms. The van der Waals surface area contributed by atoms with Crippen molar-refractivity contribution < 1.29 is 23.1 Å². The van der Waals surface area contributed by atoms with Gasteiger partial charge in [-0.25, -0.2) is 0 Å². The molecular weight excluding hydrogens is 209 g/mol. The van der Waals surface area contributed by atoms with E-state index in [-0.39, 0.29) is 5.56 Å². The van der Waals surface area contributed by atoms with E-state index in [1.807, 2.05) is 0 Å². The largest absolute Gasteiger partial charge is 0.481 e. The smallest absolute Gasteiger partial charge is 0.396 e. The summed E-state index contributed by atoms with van der Waals surface area (Å²) >= 11 is 0. The van der Waals surface area contributed by atoms with Crippen LogP contribution in [0.3, 0.4) is 0 Å². The molecule has 2 nitrogen and oxygen atoms in total. The van der Waals surface area contributed by atoms with Crippen molar-refractivity contribution in [3.63, 3.8) is 0 Å². The van der Waals surface area contributed by atoms with Crippen molar-refractivity contribution in [2.75, 3.05) is 0 Å². The van der Waals surface area contributed by atoms with Crippen LogP contribution in [0.25, 0.3) is 0 Å². The predicted molar refractivity (Wildman–Crippen MR) is 47.5 cm³/mol. The molecule has 1 rings (SSSR count). The maximum absolute atomic E-state index is 12.5. The molecule has 0 saturated heterocycles. The molecule has 0 aliphatic rings. The van der Waals surface area contributed by atoms with Crippen molar-refractivity contribution >= 4 is 5.97 Å². The molecule has 1 unspecified atom stereocenters. The van der Waals surface area contributed by atoms with Gasteiger partial charge in [0.2, 0.25) is 0 Å². The Morgan fingerprint density at radius 2 is 1.80 bits per heavy atom.